The number of nitrogens with zero attached hydrogens (tertiary/aromatic N) is 2. The third-order valence-electron chi connectivity index (χ3n) is 4.48. The minimum atomic E-state index is -0.748. The Morgan fingerprint density at radius 3 is 3.04 bits per heavy atom. The number of aryl methyl sites for hydroxylation is 1. The number of nitrogens with one attached hydrogen (secondary N) is 1. The molecule has 0 spiro atoms. The van der Waals surface area contributed by atoms with E-state index in [1.165, 1.54) is 12.1 Å². The number of ether oxygens (including phenoxy) is 1. The Kier molecular flexibility index (Phi) is 4.75. The molecule has 6 heteroatoms. The zero-order chi connectivity index (χ0) is 16.4. The molecule has 3 rings (SSSR count). The molecule has 0 bridgehead atoms. The Hall–Kier alpha value is -1.76. The number of hydrogen-bond donors (Lipinski definition) is 2. The number of aliphatic hydroxyl groups excluding tert-OH is 1. The number of rotatable bonds is 5. The highest BCUT2D eigenvalue weighted by Crippen LogP contribution is 2.31. The fraction of sp³-hybridized carbons (Fsp3) is 0.471. The van der Waals surface area contributed by atoms with Gasteiger partial charge in [-0.3, -0.25) is 4.68 Å². The number of hydrogen-bond acceptors (Lipinski definition) is 4. The van der Waals surface area contributed by atoms with E-state index in [2.05, 4.69) is 10.4 Å². The molecule has 1 aliphatic rings. The van der Waals surface area contributed by atoms with Crippen molar-refractivity contribution in [1.29, 1.82) is 0 Å². The highest BCUT2D eigenvalue weighted by atomic mass is 19.1. The molecule has 0 amide bonds. The Morgan fingerprint density at radius 1 is 1.52 bits per heavy atom. The molecule has 3 atom stereocenters. The first-order chi connectivity index (χ1) is 11.1. The summed E-state index contributed by atoms with van der Waals surface area (Å²) >= 11 is 0. The van der Waals surface area contributed by atoms with Crippen molar-refractivity contribution in [1.82, 2.24) is 15.1 Å². The van der Waals surface area contributed by atoms with E-state index in [1.807, 2.05) is 24.9 Å². The van der Waals surface area contributed by atoms with E-state index < -0.39 is 6.10 Å². The average Bonchev–Trinajstić information content (AvgIpc) is 3.12. The maximum Gasteiger partial charge on any atom is 0.123 e. The van der Waals surface area contributed by atoms with Crippen molar-refractivity contribution in [2.45, 2.75) is 31.6 Å². The molecule has 23 heavy (non-hydrogen) atoms. The third-order valence-corrected chi connectivity index (χ3v) is 4.48. The Morgan fingerprint density at radius 2 is 2.35 bits per heavy atom. The molecule has 1 fully saturated rings. The third kappa shape index (κ3) is 3.44. The van der Waals surface area contributed by atoms with E-state index in [0.29, 0.717) is 18.7 Å². The monoisotopic (exact) mass is 319 g/mol. The first kappa shape index (κ1) is 16.1. The van der Waals surface area contributed by atoms with Crippen LogP contribution in [0.4, 0.5) is 4.39 Å². The van der Waals surface area contributed by atoms with Crippen LogP contribution >= 0.6 is 0 Å². The van der Waals surface area contributed by atoms with Crippen molar-refractivity contribution in [3.8, 4) is 0 Å². The zero-order valence-corrected chi connectivity index (χ0v) is 13.4. The molecule has 1 aromatic heterocycles. The van der Waals surface area contributed by atoms with Gasteiger partial charge in [0, 0.05) is 37.5 Å². The zero-order valence-electron chi connectivity index (χ0n) is 13.4. The predicted octanol–water partition coefficient (Wildman–Crippen LogP) is 2.02. The van der Waals surface area contributed by atoms with Crippen LogP contribution in [0.2, 0.25) is 0 Å². The van der Waals surface area contributed by atoms with Crippen molar-refractivity contribution in [3.63, 3.8) is 0 Å². The molecule has 0 radical (unpaired) electrons. The molecule has 1 saturated heterocycles. The van der Waals surface area contributed by atoms with Crippen LogP contribution in [0, 0.1) is 12.7 Å². The molecule has 2 aromatic rings. The predicted molar refractivity (Wildman–Crippen MR) is 84.4 cm³/mol. The van der Waals surface area contributed by atoms with Gasteiger partial charge in [0.1, 0.15) is 11.9 Å². The van der Waals surface area contributed by atoms with Crippen LogP contribution in [0.3, 0.4) is 0 Å². The maximum atomic E-state index is 13.2. The number of aliphatic hydroxyl groups is 1. The van der Waals surface area contributed by atoms with Crippen LogP contribution in [0.1, 0.15) is 35.4 Å². The second kappa shape index (κ2) is 6.78. The van der Waals surface area contributed by atoms with Gasteiger partial charge in [-0.1, -0.05) is 12.1 Å². The molecule has 1 aliphatic heterocycles. The number of benzene rings is 1. The van der Waals surface area contributed by atoms with Crippen LogP contribution in [-0.2, 0) is 11.8 Å². The summed E-state index contributed by atoms with van der Waals surface area (Å²) in [5.41, 5.74) is 2.72. The molecule has 1 aromatic carbocycles. The van der Waals surface area contributed by atoms with Crippen molar-refractivity contribution in [2.24, 2.45) is 7.05 Å². The quantitative estimate of drug-likeness (QED) is 0.885. The summed E-state index contributed by atoms with van der Waals surface area (Å²) in [6.45, 7) is 3.04. The van der Waals surface area contributed by atoms with Gasteiger partial charge in [0.05, 0.1) is 12.3 Å². The summed E-state index contributed by atoms with van der Waals surface area (Å²) in [6.07, 6.45) is 1.89. The second-order valence-electron chi connectivity index (χ2n) is 5.97. The van der Waals surface area contributed by atoms with Crippen LogP contribution in [0.15, 0.2) is 30.5 Å². The summed E-state index contributed by atoms with van der Waals surface area (Å²) < 4.78 is 20.9. The van der Waals surface area contributed by atoms with Crippen LogP contribution in [0.5, 0.6) is 0 Å². The van der Waals surface area contributed by atoms with Crippen molar-refractivity contribution < 1.29 is 14.2 Å². The first-order valence-electron chi connectivity index (χ1n) is 7.83. The highest BCUT2D eigenvalue weighted by Gasteiger charge is 2.32. The second-order valence-corrected chi connectivity index (χ2v) is 5.97. The summed E-state index contributed by atoms with van der Waals surface area (Å²) in [4.78, 5) is 0. The molecule has 124 valence electrons. The topological polar surface area (TPSA) is 59.3 Å². The lowest BCUT2D eigenvalue weighted by Crippen LogP contribution is -2.35. The first-order valence-corrected chi connectivity index (χ1v) is 7.83. The van der Waals surface area contributed by atoms with Crippen LogP contribution < -0.4 is 5.32 Å². The van der Waals surface area contributed by atoms with E-state index in [1.54, 1.807) is 12.1 Å². The lowest BCUT2D eigenvalue weighted by atomic mass is 10.0. The Labute approximate surface area is 135 Å². The standard InChI is InChI=1S/C17H22FN3O2/c1-11-14(9-20-21(11)2)17-15(6-7-23-17)19-10-16(22)12-4-3-5-13(18)8-12/h3-5,8-9,15-17,19,22H,6-7,10H2,1-2H3/t15-,16-,17+/m0/s1. The number of halogens is 1. The SMILES string of the molecule is Cc1c([C@H]2OCC[C@@H]2NC[C@H](O)c2cccc(F)c2)cnn1C. The van der Waals surface area contributed by atoms with Gasteiger partial charge in [0.2, 0.25) is 0 Å². The summed E-state index contributed by atoms with van der Waals surface area (Å²) in [6, 6.07) is 6.18. The van der Waals surface area contributed by atoms with Gasteiger partial charge < -0.3 is 15.2 Å². The fourth-order valence-electron chi connectivity index (χ4n) is 2.99. The minimum Gasteiger partial charge on any atom is -0.387 e. The van der Waals surface area contributed by atoms with Crippen LogP contribution in [-0.4, -0.2) is 34.1 Å². The summed E-state index contributed by atoms with van der Waals surface area (Å²) in [5, 5.41) is 17.8. The number of aromatic nitrogens is 2. The largest absolute Gasteiger partial charge is 0.387 e. The molecule has 0 saturated carbocycles. The highest BCUT2D eigenvalue weighted by molar-refractivity contribution is 5.22. The minimum absolute atomic E-state index is 0.0663. The van der Waals surface area contributed by atoms with E-state index in [-0.39, 0.29) is 18.0 Å². The normalized spacial score (nSPS) is 22.4. The molecule has 2 heterocycles. The van der Waals surface area contributed by atoms with Crippen molar-refractivity contribution >= 4 is 0 Å². The average molecular weight is 319 g/mol. The van der Waals surface area contributed by atoms with Crippen molar-refractivity contribution in [2.75, 3.05) is 13.2 Å². The lowest BCUT2D eigenvalue weighted by molar-refractivity contribution is 0.0929. The van der Waals surface area contributed by atoms with E-state index in [9.17, 15) is 9.50 Å². The van der Waals surface area contributed by atoms with Gasteiger partial charge in [-0.25, -0.2) is 4.39 Å². The van der Waals surface area contributed by atoms with Gasteiger partial charge in [-0.05, 0) is 31.0 Å². The van der Waals surface area contributed by atoms with Gasteiger partial charge >= 0.3 is 0 Å². The van der Waals surface area contributed by atoms with Crippen LogP contribution in [0.25, 0.3) is 0 Å². The fourth-order valence-corrected chi connectivity index (χ4v) is 2.99. The summed E-state index contributed by atoms with van der Waals surface area (Å²) in [7, 11) is 1.91. The molecule has 2 N–H and O–H groups in total. The Balaban J connectivity index is 1.64. The molecular formula is C17H22FN3O2. The smallest absolute Gasteiger partial charge is 0.123 e. The van der Waals surface area contributed by atoms with Gasteiger partial charge in [0.25, 0.3) is 0 Å². The van der Waals surface area contributed by atoms with E-state index >= 15 is 0 Å². The van der Waals surface area contributed by atoms with Crippen molar-refractivity contribution in [3.05, 3.63) is 53.1 Å². The van der Waals surface area contributed by atoms with Gasteiger partial charge in [-0.2, -0.15) is 5.10 Å². The maximum absolute atomic E-state index is 13.2. The van der Waals surface area contributed by atoms with E-state index in [4.69, 9.17) is 4.74 Å². The lowest BCUT2D eigenvalue weighted by Gasteiger charge is -2.22. The molecule has 0 aliphatic carbocycles. The summed E-state index contributed by atoms with van der Waals surface area (Å²) in [5.74, 6) is -0.338. The van der Waals surface area contributed by atoms with E-state index in [0.717, 1.165) is 17.7 Å². The molecule has 5 nitrogen and oxygen atoms in total. The van der Waals surface area contributed by atoms with Gasteiger partial charge in [0.15, 0.2) is 0 Å². The Bertz CT molecular complexity index is 674. The van der Waals surface area contributed by atoms with Gasteiger partial charge in [-0.15, -0.1) is 0 Å². The molecule has 0 unspecified atom stereocenters. The molecular weight excluding hydrogens is 297 g/mol.